The third-order valence-corrected chi connectivity index (χ3v) is 5.64. The molecule has 0 spiro atoms. The molecule has 1 amide bonds. The summed E-state index contributed by atoms with van der Waals surface area (Å²) in [7, 11) is -3.62. The fraction of sp³-hybridized carbons (Fsp3) is 0.0714. The van der Waals surface area contributed by atoms with E-state index >= 15 is 0 Å². The van der Waals surface area contributed by atoms with E-state index in [1.54, 1.807) is 29.6 Å². The first-order valence-electron chi connectivity index (χ1n) is 6.16. The van der Waals surface area contributed by atoms with Crippen molar-refractivity contribution in [3.8, 4) is 0 Å². The van der Waals surface area contributed by atoms with Crippen molar-refractivity contribution in [3.63, 3.8) is 0 Å². The molecule has 0 aliphatic heterocycles. The molecule has 0 unspecified atom stereocenters. The Bertz CT molecular complexity index is 786. The lowest BCUT2D eigenvalue weighted by molar-refractivity contribution is 0.0958. The average molecular weight is 401 g/mol. The number of benzene rings is 1. The molecule has 0 radical (unpaired) electrons. The van der Waals surface area contributed by atoms with Gasteiger partial charge in [0.2, 0.25) is 0 Å². The number of hydrogen-bond acceptors (Lipinski definition) is 4. The van der Waals surface area contributed by atoms with Gasteiger partial charge in [0.25, 0.3) is 15.9 Å². The van der Waals surface area contributed by atoms with Crippen LogP contribution in [0, 0.1) is 0 Å². The SMILES string of the molecule is C=C(Br)CNC(=O)c1cccc(NS(=O)(=O)c2cccs2)c1. The summed E-state index contributed by atoms with van der Waals surface area (Å²) < 4.78 is 27.6. The summed E-state index contributed by atoms with van der Waals surface area (Å²) in [5.41, 5.74) is 0.693. The molecule has 2 rings (SSSR count). The van der Waals surface area contributed by atoms with Gasteiger partial charge in [0.05, 0.1) is 0 Å². The Labute approximate surface area is 141 Å². The van der Waals surface area contributed by atoms with E-state index in [-0.39, 0.29) is 10.1 Å². The van der Waals surface area contributed by atoms with E-state index in [2.05, 4.69) is 32.5 Å². The second-order valence-electron chi connectivity index (χ2n) is 4.32. The Morgan fingerprint density at radius 2 is 2.05 bits per heavy atom. The summed E-state index contributed by atoms with van der Waals surface area (Å²) >= 11 is 4.28. The Balaban J connectivity index is 2.15. The van der Waals surface area contributed by atoms with Crippen molar-refractivity contribution in [2.75, 3.05) is 11.3 Å². The van der Waals surface area contributed by atoms with Crippen LogP contribution in [0.3, 0.4) is 0 Å². The zero-order chi connectivity index (χ0) is 16.2. The lowest BCUT2D eigenvalue weighted by Gasteiger charge is -2.08. The summed E-state index contributed by atoms with van der Waals surface area (Å²) in [5, 5.41) is 4.34. The average Bonchev–Trinajstić information content (AvgIpc) is 2.99. The molecule has 0 saturated carbocycles. The predicted molar refractivity (Wildman–Crippen MR) is 92.0 cm³/mol. The van der Waals surface area contributed by atoms with E-state index < -0.39 is 10.0 Å². The first-order chi connectivity index (χ1) is 10.4. The summed E-state index contributed by atoms with van der Waals surface area (Å²) in [6, 6.07) is 9.48. The van der Waals surface area contributed by atoms with Crippen LogP contribution in [0.1, 0.15) is 10.4 Å². The predicted octanol–water partition coefficient (Wildman–Crippen LogP) is 3.19. The van der Waals surface area contributed by atoms with Gasteiger partial charge in [-0.25, -0.2) is 8.42 Å². The van der Waals surface area contributed by atoms with Gasteiger partial charge in [-0.05, 0) is 29.6 Å². The highest BCUT2D eigenvalue weighted by Gasteiger charge is 2.15. The molecule has 1 heterocycles. The van der Waals surface area contributed by atoms with Gasteiger partial charge in [0.15, 0.2) is 0 Å². The number of nitrogens with one attached hydrogen (secondary N) is 2. The number of amides is 1. The summed E-state index contributed by atoms with van der Waals surface area (Å²) in [5.74, 6) is -0.308. The molecule has 1 aromatic carbocycles. The highest BCUT2D eigenvalue weighted by atomic mass is 79.9. The first-order valence-corrected chi connectivity index (χ1v) is 9.32. The van der Waals surface area contributed by atoms with Crippen LogP contribution in [0.25, 0.3) is 0 Å². The van der Waals surface area contributed by atoms with Gasteiger partial charge in [-0.2, -0.15) is 0 Å². The van der Waals surface area contributed by atoms with Gasteiger partial charge in [0, 0.05) is 22.3 Å². The number of halogens is 1. The van der Waals surface area contributed by atoms with Gasteiger partial charge >= 0.3 is 0 Å². The van der Waals surface area contributed by atoms with Crippen molar-refractivity contribution < 1.29 is 13.2 Å². The minimum atomic E-state index is -3.62. The summed E-state index contributed by atoms with van der Waals surface area (Å²) in [4.78, 5) is 11.9. The van der Waals surface area contributed by atoms with Crippen molar-refractivity contribution in [2.24, 2.45) is 0 Å². The Kier molecular flexibility index (Phi) is 5.38. The minimum Gasteiger partial charge on any atom is -0.347 e. The van der Waals surface area contributed by atoms with E-state index in [9.17, 15) is 13.2 Å². The maximum absolute atomic E-state index is 12.1. The largest absolute Gasteiger partial charge is 0.347 e. The Morgan fingerprint density at radius 1 is 1.27 bits per heavy atom. The van der Waals surface area contributed by atoms with Crippen molar-refractivity contribution in [1.29, 1.82) is 0 Å². The maximum atomic E-state index is 12.1. The number of sulfonamides is 1. The summed E-state index contributed by atoms with van der Waals surface area (Å²) in [6.45, 7) is 3.92. The normalized spacial score (nSPS) is 11.0. The van der Waals surface area contributed by atoms with Crippen molar-refractivity contribution in [1.82, 2.24) is 5.32 Å². The van der Waals surface area contributed by atoms with Crippen LogP contribution in [0.4, 0.5) is 5.69 Å². The molecular weight excluding hydrogens is 388 g/mol. The quantitative estimate of drug-likeness (QED) is 0.781. The third-order valence-electron chi connectivity index (χ3n) is 2.58. The van der Waals surface area contributed by atoms with E-state index in [4.69, 9.17) is 0 Å². The van der Waals surface area contributed by atoms with Gasteiger partial charge in [-0.15, -0.1) is 11.3 Å². The van der Waals surface area contributed by atoms with Crippen LogP contribution in [-0.2, 0) is 10.0 Å². The van der Waals surface area contributed by atoms with Gasteiger partial charge < -0.3 is 5.32 Å². The number of thiophene rings is 1. The molecule has 5 nitrogen and oxygen atoms in total. The minimum absolute atomic E-state index is 0.220. The highest BCUT2D eigenvalue weighted by molar-refractivity contribution is 9.11. The van der Waals surface area contributed by atoms with E-state index in [0.29, 0.717) is 22.3 Å². The zero-order valence-corrected chi connectivity index (χ0v) is 14.6. The molecule has 8 heteroatoms. The second-order valence-corrected chi connectivity index (χ2v) is 8.30. The van der Waals surface area contributed by atoms with Crippen LogP contribution in [0.5, 0.6) is 0 Å². The number of anilines is 1. The molecular formula is C14H13BrN2O3S2. The first kappa shape index (κ1) is 16.7. The van der Waals surface area contributed by atoms with E-state index in [0.717, 1.165) is 11.3 Å². The van der Waals surface area contributed by atoms with Crippen molar-refractivity contribution in [3.05, 3.63) is 58.4 Å². The second kappa shape index (κ2) is 7.08. The lowest BCUT2D eigenvalue weighted by Crippen LogP contribution is -2.24. The monoisotopic (exact) mass is 400 g/mol. The molecule has 0 fully saturated rings. The molecule has 2 aromatic rings. The number of carbonyl (C=O) groups is 1. The molecule has 2 N–H and O–H groups in total. The standard InChI is InChI=1S/C14H13BrN2O3S2/c1-10(15)9-16-14(18)11-4-2-5-12(8-11)17-22(19,20)13-6-3-7-21-13/h2-8,17H,1,9H2,(H,16,18). The zero-order valence-electron chi connectivity index (χ0n) is 11.4. The number of hydrogen-bond donors (Lipinski definition) is 2. The Hall–Kier alpha value is -1.64. The smallest absolute Gasteiger partial charge is 0.271 e. The topological polar surface area (TPSA) is 75.3 Å². The van der Waals surface area contributed by atoms with E-state index in [1.807, 2.05) is 0 Å². The van der Waals surface area contributed by atoms with Crippen molar-refractivity contribution in [2.45, 2.75) is 4.21 Å². The van der Waals surface area contributed by atoms with Crippen LogP contribution >= 0.6 is 27.3 Å². The van der Waals surface area contributed by atoms with Crippen LogP contribution in [0.2, 0.25) is 0 Å². The van der Waals surface area contributed by atoms with E-state index in [1.165, 1.54) is 12.1 Å². The third kappa shape index (κ3) is 4.43. The van der Waals surface area contributed by atoms with Gasteiger partial charge in [-0.1, -0.05) is 34.6 Å². The molecule has 22 heavy (non-hydrogen) atoms. The molecule has 1 aromatic heterocycles. The summed E-state index contributed by atoms with van der Waals surface area (Å²) in [6.07, 6.45) is 0. The number of carbonyl (C=O) groups excluding carboxylic acids is 1. The molecule has 0 aliphatic carbocycles. The highest BCUT2D eigenvalue weighted by Crippen LogP contribution is 2.20. The van der Waals surface area contributed by atoms with Gasteiger partial charge in [0.1, 0.15) is 4.21 Å². The van der Waals surface area contributed by atoms with Crippen LogP contribution in [0.15, 0.2) is 57.0 Å². The number of rotatable bonds is 6. The molecule has 0 saturated heterocycles. The molecule has 0 atom stereocenters. The fourth-order valence-corrected chi connectivity index (χ4v) is 3.81. The van der Waals surface area contributed by atoms with Crippen LogP contribution < -0.4 is 10.0 Å². The fourth-order valence-electron chi connectivity index (χ4n) is 1.62. The van der Waals surface area contributed by atoms with Crippen LogP contribution in [-0.4, -0.2) is 20.9 Å². The lowest BCUT2D eigenvalue weighted by atomic mass is 10.2. The Morgan fingerprint density at radius 3 is 2.68 bits per heavy atom. The molecule has 0 bridgehead atoms. The van der Waals surface area contributed by atoms with Gasteiger partial charge in [-0.3, -0.25) is 9.52 Å². The molecule has 116 valence electrons. The van der Waals surface area contributed by atoms with Crippen molar-refractivity contribution >= 4 is 48.9 Å². The molecule has 0 aliphatic rings. The maximum Gasteiger partial charge on any atom is 0.271 e.